The van der Waals surface area contributed by atoms with Gasteiger partial charge in [0.15, 0.2) is 0 Å². The number of sulfonamides is 1. The summed E-state index contributed by atoms with van der Waals surface area (Å²) in [4.78, 5) is 2.35. The van der Waals surface area contributed by atoms with Gasteiger partial charge < -0.3 is 9.32 Å². The van der Waals surface area contributed by atoms with Gasteiger partial charge in [-0.15, -0.1) is 0 Å². The van der Waals surface area contributed by atoms with Crippen molar-refractivity contribution < 1.29 is 12.8 Å². The predicted molar refractivity (Wildman–Crippen MR) is 119 cm³/mol. The summed E-state index contributed by atoms with van der Waals surface area (Å²) < 4.78 is 33.7. The first-order valence-corrected chi connectivity index (χ1v) is 11.4. The van der Waals surface area contributed by atoms with E-state index in [0.717, 1.165) is 28.2 Å². The monoisotopic (exact) mass is 422 g/mol. The van der Waals surface area contributed by atoms with Gasteiger partial charge in [-0.05, 0) is 43.4 Å². The molecule has 0 aliphatic carbocycles. The van der Waals surface area contributed by atoms with Gasteiger partial charge in [0.2, 0.25) is 10.0 Å². The first-order valence-electron chi connectivity index (χ1n) is 10.0. The van der Waals surface area contributed by atoms with Gasteiger partial charge >= 0.3 is 0 Å². The van der Waals surface area contributed by atoms with E-state index in [4.69, 9.17) is 4.42 Å². The van der Waals surface area contributed by atoms with Crippen molar-refractivity contribution in [3.63, 3.8) is 0 Å². The Kier molecular flexibility index (Phi) is 5.90. The van der Waals surface area contributed by atoms with Crippen LogP contribution in [0.25, 0.3) is 12.2 Å². The minimum Gasteiger partial charge on any atom is -0.464 e. The molecule has 0 spiro atoms. The third kappa shape index (κ3) is 4.56. The Bertz CT molecular complexity index is 1130. The standard InChI is InChI=1S/C24H26N2O3S/c1-25(2)18-22-16-21-17-26(15-14-24(21)29-22)30(27,28)23-12-10-20(11-13-23)9-8-19-6-4-3-5-7-19/h3-13,16H,14-15,17-18H2,1-2H3/b9-8-. The molecule has 0 radical (unpaired) electrons. The highest BCUT2D eigenvalue weighted by Gasteiger charge is 2.30. The van der Waals surface area contributed by atoms with Crippen molar-refractivity contribution in [2.75, 3.05) is 20.6 Å². The van der Waals surface area contributed by atoms with Crippen LogP contribution in [0.1, 0.15) is 28.2 Å². The maximum Gasteiger partial charge on any atom is 0.243 e. The summed E-state index contributed by atoms with van der Waals surface area (Å²) in [5, 5.41) is 0. The van der Waals surface area contributed by atoms with Crippen LogP contribution in [0.2, 0.25) is 0 Å². The number of fused-ring (bicyclic) bond motifs is 1. The largest absolute Gasteiger partial charge is 0.464 e. The lowest BCUT2D eigenvalue weighted by Crippen LogP contribution is -2.35. The lowest BCUT2D eigenvalue weighted by atomic mass is 10.1. The number of hydrogen-bond donors (Lipinski definition) is 0. The Morgan fingerprint density at radius 3 is 2.33 bits per heavy atom. The van der Waals surface area contributed by atoms with E-state index >= 15 is 0 Å². The van der Waals surface area contributed by atoms with Crippen LogP contribution >= 0.6 is 0 Å². The molecule has 0 fully saturated rings. The number of benzene rings is 2. The van der Waals surface area contributed by atoms with Crippen LogP contribution < -0.4 is 0 Å². The van der Waals surface area contributed by atoms with Crippen LogP contribution in [0.3, 0.4) is 0 Å². The summed E-state index contributed by atoms with van der Waals surface area (Å²) in [5.74, 6) is 1.78. The predicted octanol–water partition coefficient (Wildman–Crippen LogP) is 4.26. The second kappa shape index (κ2) is 8.60. The molecule has 3 aromatic rings. The lowest BCUT2D eigenvalue weighted by Gasteiger charge is -2.25. The molecule has 1 aromatic heterocycles. The molecule has 1 aliphatic rings. The van der Waals surface area contributed by atoms with E-state index in [-0.39, 0.29) is 0 Å². The summed E-state index contributed by atoms with van der Waals surface area (Å²) in [6.45, 7) is 1.49. The molecule has 2 heterocycles. The topological polar surface area (TPSA) is 53.8 Å². The molecular formula is C24H26N2O3S. The van der Waals surface area contributed by atoms with Crippen LogP contribution in [0, 0.1) is 0 Å². The van der Waals surface area contributed by atoms with E-state index in [0.29, 0.717) is 31.0 Å². The van der Waals surface area contributed by atoms with Crippen molar-refractivity contribution in [2.45, 2.75) is 24.4 Å². The van der Waals surface area contributed by atoms with Gasteiger partial charge in [0, 0.05) is 25.1 Å². The lowest BCUT2D eigenvalue weighted by molar-refractivity contribution is 0.325. The summed E-state index contributed by atoms with van der Waals surface area (Å²) >= 11 is 0. The fourth-order valence-electron chi connectivity index (χ4n) is 3.62. The van der Waals surface area contributed by atoms with E-state index in [2.05, 4.69) is 0 Å². The zero-order valence-electron chi connectivity index (χ0n) is 17.3. The van der Waals surface area contributed by atoms with E-state index in [1.165, 1.54) is 0 Å². The average Bonchev–Trinajstić information content (AvgIpc) is 3.14. The van der Waals surface area contributed by atoms with Crippen molar-refractivity contribution >= 4 is 22.2 Å². The summed E-state index contributed by atoms with van der Waals surface area (Å²) in [5.41, 5.74) is 3.03. The summed E-state index contributed by atoms with van der Waals surface area (Å²) in [6.07, 6.45) is 4.59. The van der Waals surface area contributed by atoms with Crippen LogP contribution in [0.15, 0.2) is 70.0 Å². The molecule has 0 saturated heterocycles. The van der Waals surface area contributed by atoms with Crippen molar-refractivity contribution in [2.24, 2.45) is 0 Å². The minimum absolute atomic E-state index is 0.319. The maximum atomic E-state index is 13.1. The molecule has 0 atom stereocenters. The second-order valence-electron chi connectivity index (χ2n) is 7.80. The molecule has 0 unspecified atom stereocenters. The number of rotatable bonds is 6. The molecule has 6 heteroatoms. The van der Waals surface area contributed by atoms with Gasteiger partial charge in [-0.1, -0.05) is 54.6 Å². The SMILES string of the molecule is CN(C)Cc1cc2c(o1)CCN(S(=O)(=O)c1ccc(/C=C\c3ccccc3)cc1)C2. The van der Waals surface area contributed by atoms with E-state index in [1.54, 1.807) is 16.4 Å². The van der Waals surface area contributed by atoms with Gasteiger partial charge in [0.25, 0.3) is 0 Å². The summed E-state index contributed by atoms with van der Waals surface area (Å²) in [6, 6.07) is 19.0. The smallest absolute Gasteiger partial charge is 0.243 e. The first-order chi connectivity index (χ1) is 14.4. The molecule has 30 heavy (non-hydrogen) atoms. The molecule has 0 saturated carbocycles. The molecule has 156 valence electrons. The third-order valence-electron chi connectivity index (χ3n) is 5.14. The fourth-order valence-corrected chi connectivity index (χ4v) is 5.04. The van der Waals surface area contributed by atoms with Crippen LogP contribution in [-0.4, -0.2) is 38.3 Å². The molecule has 4 rings (SSSR count). The Hall–Kier alpha value is -2.67. The minimum atomic E-state index is -3.55. The molecule has 2 aromatic carbocycles. The van der Waals surface area contributed by atoms with Crippen molar-refractivity contribution in [3.8, 4) is 0 Å². The van der Waals surface area contributed by atoms with Crippen LogP contribution in [-0.2, 0) is 29.5 Å². The van der Waals surface area contributed by atoms with E-state index in [1.807, 2.05) is 79.7 Å². The molecule has 0 bridgehead atoms. The quantitative estimate of drug-likeness (QED) is 0.557. The first kappa shape index (κ1) is 20.6. The van der Waals surface area contributed by atoms with Gasteiger partial charge in [0.1, 0.15) is 11.5 Å². The van der Waals surface area contributed by atoms with Crippen molar-refractivity contribution in [1.82, 2.24) is 9.21 Å². The van der Waals surface area contributed by atoms with Gasteiger partial charge in [-0.2, -0.15) is 4.31 Å². The highest BCUT2D eigenvalue weighted by molar-refractivity contribution is 7.89. The fraction of sp³-hybridized carbons (Fsp3) is 0.250. The summed E-state index contributed by atoms with van der Waals surface area (Å²) in [7, 11) is 0.421. The Morgan fingerprint density at radius 1 is 1.00 bits per heavy atom. The van der Waals surface area contributed by atoms with E-state index in [9.17, 15) is 8.42 Å². The average molecular weight is 423 g/mol. The molecule has 0 amide bonds. The normalized spacial score (nSPS) is 15.0. The van der Waals surface area contributed by atoms with Crippen LogP contribution in [0.4, 0.5) is 0 Å². The van der Waals surface area contributed by atoms with Gasteiger partial charge in [-0.3, -0.25) is 0 Å². The zero-order chi connectivity index (χ0) is 21.1. The molecular weight excluding hydrogens is 396 g/mol. The van der Waals surface area contributed by atoms with Crippen molar-refractivity contribution in [1.29, 1.82) is 0 Å². The van der Waals surface area contributed by atoms with Crippen LogP contribution in [0.5, 0.6) is 0 Å². The number of hydrogen-bond acceptors (Lipinski definition) is 4. The second-order valence-corrected chi connectivity index (χ2v) is 9.74. The third-order valence-corrected chi connectivity index (χ3v) is 7.00. The highest BCUT2D eigenvalue weighted by atomic mass is 32.2. The molecule has 5 nitrogen and oxygen atoms in total. The molecule has 0 N–H and O–H groups in total. The van der Waals surface area contributed by atoms with Gasteiger partial charge in [-0.25, -0.2) is 8.42 Å². The number of nitrogens with zero attached hydrogens (tertiary/aromatic N) is 2. The Morgan fingerprint density at radius 2 is 1.67 bits per heavy atom. The van der Waals surface area contributed by atoms with Gasteiger partial charge in [0.05, 0.1) is 11.4 Å². The highest BCUT2D eigenvalue weighted by Crippen LogP contribution is 2.28. The van der Waals surface area contributed by atoms with Crippen molar-refractivity contribution in [3.05, 3.63) is 88.9 Å². The van der Waals surface area contributed by atoms with E-state index < -0.39 is 10.0 Å². The molecule has 1 aliphatic heterocycles. The Labute approximate surface area is 178 Å². The zero-order valence-corrected chi connectivity index (χ0v) is 18.1. The maximum absolute atomic E-state index is 13.1. The Balaban J connectivity index is 1.48. The number of furan rings is 1.